The topological polar surface area (TPSA) is 67.6 Å². The Bertz CT molecular complexity index is 543. The van der Waals surface area contributed by atoms with Gasteiger partial charge in [-0.15, -0.1) is 12.4 Å². The molecule has 142 valence electrons. The van der Waals surface area contributed by atoms with Crippen LogP contribution in [0.5, 0.6) is 5.75 Å². The zero-order valence-electron chi connectivity index (χ0n) is 15.6. The fourth-order valence-corrected chi connectivity index (χ4v) is 3.64. The molecule has 25 heavy (non-hydrogen) atoms. The Hall–Kier alpha value is -1.30. The molecule has 5 nitrogen and oxygen atoms in total. The number of nitrogens with one attached hydrogen (secondary N) is 1. The van der Waals surface area contributed by atoms with Gasteiger partial charge in [-0.1, -0.05) is 18.6 Å². The van der Waals surface area contributed by atoms with Crippen LogP contribution >= 0.6 is 12.4 Å². The Labute approximate surface area is 157 Å². The molecule has 2 rings (SSSR count). The Morgan fingerprint density at radius 2 is 2.00 bits per heavy atom. The van der Waals surface area contributed by atoms with Gasteiger partial charge in [0.25, 0.3) is 0 Å². The molecule has 1 aromatic carbocycles. The number of methoxy groups -OCH3 is 1. The summed E-state index contributed by atoms with van der Waals surface area (Å²) in [5, 5.41) is 3.03. The number of benzene rings is 1. The van der Waals surface area contributed by atoms with Crippen molar-refractivity contribution in [1.29, 1.82) is 0 Å². The van der Waals surface area contributed by atoms with Crippen molar-refractivity contribution >= 4 is 18.3 Å². The van der Waals surface area contributed by atoms with Gasteiger partial charge in [-0.3, -0.25) is 9.69 Å². The molecule has 1 heterocycles. The number of likely N-dealkylation sites (tertiary alicyclic amines) is 1. The summed E-state index contributed by atoms with van der Waals surface area (Å²) in [6, 6.07) is 4.83. The minimum Gasteiger partial charge on any atom is -0.496 e. The van der Waals surface area contributed by atoms with Crippen LogP contribution < -0.4 is 15.8 Å². The average molecular weight is 370 g/mol. The predicted octanol–water partition coefficient (Wildman–Crippen LogP) is 2.55. The number of carbonyl (C=O) groups excluding carboxylic acids is 1. The first-order chi connectivity index (χ1) is 11.5. The van der Waals surface area contributed by atoms with Crippen molar-refractivity contribution in [2.45, 2.75) is 52.1 Å². The smallest absolute Gasteiger partial charge is 0.221 e. The van der Waals surface area contributed by atoms with E-state index in [1.807, 2.05) is 0 Å². The second-order valence-corrected chi connectivity index (χ2v) is 6.73. The van der Waals surface area contributed by atoms with Gasteiger partial charge in [0.1, 0.15) is 5.75 Å². The van der Waals surface area contributed by atoms with Crippen molar-refractivity contribution < 1.29 is 9.53 Å². The highest BCUT2D eigenvalue weighted by Gasteiger charge is 2.23. The lowest BCUT2D eigenvalue weighted by Crippen LogP contribution is -2.46. The molecule has 1 saturated heterocycles. The lowest BCUT2D eigenvalue weighted by Gasteiger charge is -2.36. The van der Waals surface area contributed by atoms with E-state index in [2.05, 4.69) is 36.2 Å². The number of aryl methyl sites for hydroxylation is 2. The molecule has 0 saturated carbocycles. The summed E-state index contributed by atoms with van der Waals surface area (Å²) in [4.78, 5) is 14.2. The quantitative estimate of drug-likeness (QED) is 0.775. The summed E-state index contributed by atoms with van der Waals surface area (Å²) in [5.74, 6) is 1.03. The molecular weight excluding hydrogens is 338 g/mol. The van der Waals surface area contributed by atoms with Gasteiger partial charge in [-0.05, 0) is 49.9 Å². The number of nitrogens with zero attached hydrogens (tertiary/aromatic N) is 1. The largest absolute Gasteiger partial charge is 0.496 e. The molecule has 1 amide bonds. The van der Waals surface area contributed by atoms with Crippen molar-refractivity contribution in [3.8, 4) is 5.75 Å². The van der Waals surface area contributed by atoms with E-state index in [1.165, 1.54) is 29.5 Å². The van der Waals surface area contributed by atoms with E-state index >= 15 is 0 Å². The maximum absolute atomic E-state index is 11.7. The molecule has 0 aromatic heterocycles. The number of nitrogens with two attached hydrogens (primary N) is 1. The Kier molecular flexibility index (Phi) is 9.25. The number of carbonyl (C=O) groups is 1. The van der Waals surface area contributed by atoms with E-state index in [9.17, 15) is 4.79 Å². The summed E-state index contributed by atoms with van der Waals surface area (Å²) in [6.45, 7) is 7.31. The van der Waals surface area contributed by atoms with Crippen LogP contribution in [0.2, 0.25) is 0 Å². The number of ether oxygens (including phenoxy) is 1. The van der Waals surface area contributed by atoms with Gasteiger partial charge in [-0.2, -0.15) is 0 Å². The second-order valence-electron chi connectivity index (χ2n) is 6.73. The molecule has 1 aromatic rings. The predicted molar refractivity (Wildman–Crippen MR) is 104 cm³/mol. The maximum atomic E-state index is 11.7. The maximum Gasteiger partial charge on any atom is 0.221 e. The van der Waals surface area contributed by atoms with Crippen molar-refractivity contribution in [2.24, 2.45) is 5.73 Å². The van der Waals surface area contributed by atoms with Crippen LogP contribution in [0.1, 0.15) is 42.4 Å². The van der Waals surface area contributed by atoms with Gasteiger partial charge >= 0.3 is 0 Å². The first-order valence-corrected chi connectivity index (χ1v) is 8.90. The molecule has 1 aliphatic heterocycles. The Morgan fingerprint density at radius 3 is 2.60 bits per heavy atom. The molecule has 1 aliphatic rings. The van der Waals surface area contributed by atoms with Crippen LogP contribution in [0.4, 0.5) is 0 Å². The van der Waals surface area contributed by atoms with Gasteiger partial charge in [0, 0.05) is 32.1 Å². The van der Waals surface area contributed by atoms with Crippen molar-refractivity contribution in [3.63, 3.8) is 0 Å². The van der Waals surface area contributed by atoms with Crippen LogP contribution in [0.3, 0.4) is 0 Å². The summed E-state index contributed by atoms with van der Waals surface area (Å²) in [6.07, 6.45) is 4.00. The summed E-state index contributed by atoms with van der Waals surface area (Å²) >= 11 is 0. The van der Waals surface area contributed by atoms with Crippen molar-refractivity contribution in [2.75, 3.05) is 26.7 Å². The lowest BCUT2D eigenvalue weighted by molar-refractivity contribution is -0.121. The third-order valence-electron chi connectivity index (χ3n) is 4.77. The Morgan fingerprint density at radius 1 is 1.32 bits per heavy atom. The van der Waals surface area contributed by atoms with Gasteiger partial charge < -0.3 is 15.8 Å². The third kappa shape index (κ3) is 6.17. The van der Waals surface area contributed by atoms with Crippen LogP contribution in [0, 0.1) is 13.8 Å². The van der Waals surface area contributed by atoms with Gasteiger partial charge in [-0.25, -0.2) is 0 Å². The molecule has 0 spiro atoms. The molecule has 0 aliphatic carbocycles. The highest BCUT2D eigenvalue weighted by Crippen LogP contribution is 2.26. The molecular formula is C19H32ClN3O2. The first-order valence-electron chi connectivity index (χ1n) is 8.90. The van der Waals surface area contributed by atoms with Crippen molar-refractivity contribution in [3.05, 3.63) is 28.8 Å². The van der Waals surface area contributed by atoms with Gasteiger partial charge in [0.2, 0.25) is 5.91 Å². The van der Waals surface area contributed by atoms with Crippen LogP contribution in [0.25, 0.3) is 0 Å². The number of hydrogen-bond acceptors (Lipinski definition) is 4. The lowest BCUT2D eigenvalue weighted by atomic mass is 9.99. The Balaban J connectivity index is 0.00000312. The molecule has 1 fully saturated rings. The van der Waals surface area contributed by atoms with Crippen LogP contribution in [-0.4, -0.2) is 43.6 Å². The SMILES string of the molecule is COc1c(C)cc(CN2CCCCC2CNC(=O)CCN)cc1C.Cl. The second kappa shape index (κ2) is 10.6. The van der Waals surface area contributed by atoms with E-state index in [0.29, 0.717) is 25.6 Å². The van der Waals surface area contributed by atoms with Gasteiger partial charge in [0.05, 0.1) is 7.11 Å². The average Bonchev–Trinajstić information content (AvgIpc) is 2.54. The van der Waals surface area contributed by atoms with Gasteiger partial charge in [0.15, 0.2) is 0 Å². The minimum atomic E-state index is 0. The molecule has 0 bridgehead atoms. The normalized spacial score (nSPS) is 17.7. The number of amides is 1. The number of hydrogen-bond donors (Lipinski definition) is 2. The summed E-state index contributed by atoms with van der Waals surface area (Å²) < 4.78 is 5.46. The minimum absolute atomic E-state index is 0. The standard InChI is InChI=1S/C19H31N3O2.ClH/c1-14-10-16(11-15(2)19(14)24-3)13-22-9-5-4-6-17(22)12-21-18(23)7-8-20;/h10-11,17H,4-9,12-13,20H2,1-3H3,(H,21,23);1H. The van der Waals surface area contributed by atoms with Crippen LogP contribution in [0.15, 0.2) is 12.1 Å². The zero-order valence-corrected chi connectivity index (χ0v) is 16.5. The fourth-order valence-electron chi connectivity index (χ4n) is 3.64. The number of piperidine rings is 1. The first kappa shape index (κ1) is 21.7. The highest BCUT2D eigenvalue weighted by atomic mass is 35.5. The van der Waals surface area contributed by atoms with Crippen molar-refractivity contribution in [1.82, 2.24) is 10.2 Å². The fraction of sp³-hybridized carbons (Fsp3) is 0.632. The van der Waals surface area contributed by atoms with E-state index < -0.39 is 0 Å². The number of halogens is 1. The van der Waals surface area contributed by atoms with E-state index in [0.717, 1.165) is 25.3 Å². The summed E-state index contributed by atoms with van der Waals surface area (Å²) in [5.41, 5.74) is 9.11. The molecule has 6 heteroatoms. The van der Waals surface area contributed by atoms with E-state index in [1.54, 1.807) is 7.11 Å². The zero-order chi connectivity index (χ0) is 17.5. The molecule has 1 unspecified atom stereocenters. The summed E-state index contributed by atoms with van der Waals surface area (Å²) in [7, 11) is 1.72. The molecule has 1 atom stereocenters. The molecule has 0 radical (unpaired) electrons. The highest BCUT2D eigenvalue weighted by molar-refractivity contribution is 5.85. The molecule has 3 N–H and O–H groups in total. The number of rotatable bonds is 7. The van der Waals surface area contributed by atoms with E-state index in [4.69, 9.17) is 10.5 Å². The van der Waals surface area contributed by atoms with Crippen LogP contribution in [-0.2, 0) is 11.3 Å². The monoisotopic (exact) mass is 369 g/mol. The third-order valence-corrected chi connectivity index (χ3v) is 4.77. The van der Waals surface area contributed by atoms with E-state index in [-0.39, 0.29) is 18.3 Å².